The molecule has 0 saturated carbocycles. The van der Waals surface area contributed by atoms with Crippen molar-refractivity contribution < 1.29 is 23.7 Å². The Kier molecular flexibility index (Phi) is 9.71. The Bertz CT molecular complexity index is 593. The Labute approximate surface area is 167 Å². The second kappa shape index (κ2) is 12.3. The Hall–Kier alpha value is -2.19. The molecule has 1 aromatic rings. The molecule has 1 aliphatic rings. The van der Waals surface area contributed by atoms with Crippen LogP contribution in [-0.4, -0.2) is 73.4 Å². The molecule has 0 radical (unpaired) electrons. The van der Waals surface area contributed by atoms with Crippen LogP contribution in [0, 0.1) is 0 Å². The van der Waals surface area contributed by atoms with Gasteiger partial charge in [-0.2, -0.15) is 0 Å². The van der Waals surface area contributed by atoms with Gasteiger partial charge in [0.15, 0.2) is 5.96 Å². The van der Waals surface area contributed by atoms with Crippen molar-refractivity contribution in [3.8, 4) is 17.2 Å². The molecule has 0 amide bonds. The summed E-state index contributed by atoms with van der Waals surface area (Å²) >= 11 is 0. The van der Waals surface area contributed by atoms with Crippen molar-refractivity contribution in [2.24, 2.45) is 4.99 Å². The lowest BCUT2D eigenvalue weighted by atomic mass is 10.1. The van der Waals surface area contributed by atoms with Gasteiger partial charge in [-0.05, 0) is 19.3 Å². The number of hydrogen-bond acceptors (Lipinski definition) is 6. The maximum Gasteiger partial charge on any atom is 0.190 e. The molecule has 0 aliphatic carbocycles. The molecule has 1 aromatic carbocycles. The van der Waals surface area contributed by atoms with E-state index in [9.17, 15) is 0 Å². The summed E-state index contributed by atoms with van der Waals surface area (Å²) in [5.74, 6) is 2.95. The van der Waals surface area contributed by atoms with Gasteiger partial charge >= 0.3 is 0 Å². The van der Waals surface area contributed by atoms with Crippen LogP contribution in [0.5, 0.6) is 17.2 Å². The van der Waals surface area contributed by atoms with Gasteiger partial charge in [0.05, 0.1) is 34.0 Å². The summed E-state index contributed by atoms with van der Waals surface area (Å²) in [4.78, 5) is 4.26. The number of ether oxygens (including phenoxy) is 5. The molecule has 8 heteroatoms. The summed E-state index contributed by atoms with van der Waals surface area (Å²) in [5.41, 5.74) is 0.987. The molecule has 28 heavy (non-hydrogen) atoms. The smallest absolute Gasteiger partial charge is 0.190 e. The quantitative estimate of drug-likeness (QED) is 0.335. The van der Waals surface area contributed by atoms with Crippen LogP contribution in [0.1, 0.15) is 18.4 Å². The molecule has 1 fully saturated rings. The Morgan fingerprint density at radius 2 is 1.82 bits per heavy atom. The fourth-order valence-electron chi connectivity index (χ4n) is 3.02. The van der Waals surface area contributed by atoms with Gasteiger partial charge in [-0.3, -0.25) is 4.99 Å². The Morgan fingerprint density at radius 3 is 2.39 bits per heavy atom. The summed E-state index contributed by atoms with van der Waals surface area (Å²) in [6, 6.07) is 3.72. The third kappa shape index (κ3) is 6.76. The van der Waals surface area contributed by atoms with E-state index in [0.717, 1.165) is 68.6 Å². The van der Waals surface area contributed by atoms with Crippen molar-refractivity contribution in [3.05, 3.63) is 17.7 Å². The highest BCUT2D eigenvalue weighted by Crippen LogP contribution is 2.34. The summed E-state index contributed by atoms with van der Waals surface area (Å²) in [7, 11) is 6.67. The molecule has 1 aliphatic heterocycles. The first kappa shape index (κ1) is 22.1. The average Bonchev–Trinajstić information content (AvgIpc) is 3.25. The zero-order valence-electron chi connectivity index (χ0n) is 17.4. The molecule has 8 nitrogen and oxygen atoms in total. The highest BCUT2D eigenvalue weighted by atomic mass is 16.5. The van der Waals surface area contributed by atoms with E-state index in [4.69, 9.17) is 23.7 Å². The molecule has 2 N–H and O–H groups in total. The van der Waals surface area contributed by atoms with E-state index >= 15 is 0 Å². The Balaban J connectivity index is 1.74. The molecule has 158 valence electrons. The van der Waals surface area contributed by atoms with Gasteiger partial charge in [0.1, 0.15) is 17.2 Å². The number of benzene rings is 1. The van der Waals surface area contributed by atoms with Crippen LogP contribution in [0.3, 0.4) is 0 Å². The Morgan fingerprint density at radius 1 is 1.11 bits per heavy atom. The van der Waals surface area contributed by atoms with E-state index in [2.05, 4.69) is 15.6 Å². The van der Waals surface area contributed by atoms with E-state index in [1.54, 1.807) is 28.4 Å². The maximum absolute atomic E-state index is 5.76. The predicted octanol–water partition coefficient (Wildman–Crippen LogP) is 1.62. The number of rotatable bonds is 11. The van der Waals surface area contributed by atoms with Gasteiger partial charge < -0.3 is 34.3 Å². The monoisotopic (exact) mass is 395 g/mol. The van der Waals surface area contributed by atoms with Gasteiger partial charge in [-0.1, -0.05) is 0 Å². The zero-order valence-corrected chi connectivity index (χ0v) is 17.4. The highest BCUT2D eigenvalue weighted by molar-refractivity contribution is 5.79. The normalized spacial score (nSPS) is 16.7. The topological polar surface area (TPSA) is 82.6 Å². The minimum Gasteiger partial charge on any atom is -0.496 e. The van der Waals surface area contributed by atoms with Crippen LogP contribution in [0.2, 0.25) is 0 Å². The van der Waals surface area contributed by atoms with E-state index < -0.39 is 0 Å². The van der Waals surface area contributed by atoms with E-state index in [1.807, 2.05) is 12.1 Å². The minimum absolute atomic E-state index is 0.256. The fraction of sp³-hybridized carbons (Fsp3) is 0.650. The van der Waals surface area contributed by atoms with Crippen molar-refractivity contribution in [1.82, 2.24) is 10.6 Å². The van der Waals surface area contributed by atoms with Crippen LogP contribution >= 0.6 is 0 Å². The standard InChI is InChI=1S/C20H33N3O5/c1-21-20(22-8-5-10-28-15-7-11-27-14-15)23-9-6-17-18(25-3)12-16(24-2)13-19(17)26-4/h12-13,15H,5-11,14H2,1-4H3,(H2,21,22,23). The second-order valence-electron chi connectivity index (χ2n) is 6.40. The number of methoxy groups -OCH3 is 3. The first-order chi connectivity index (χ1) is 13.7. The number of nitrogens with zero attached hydrogens (tertiary/aromatic N) is 1. The second-order valence-corrected chi connectivity index (χ2v) is 6.40. The minimum atomic E-state index is 0.256. The van der Waals surface area contributed by atoms with Crippen molar-refractivity contribution in [2.75, 3.05) is 61.3 Å². The van der Waals surface area contributed by atoms with Crippen LogP contribution in [0.25, 0.3) is 0 Å². The zero-order chi connectivity index (χ0) is 20.2. The van der Waals surface area contributed by atoms with Crippen LogP contribution in [-0.2, 0) is 15.9 Å². The van der Waals surface area contributed by atoms with E-state index in [1.165, 1.54) is 0 Å². The molecule has 1 heterocycles. The van der Waals surface area contributed by atoms with Gasteiger partial charge in [0.2, 0.25) is 0 Å². The van der Waals surface area contributed by atoms with Crippen LogP contribution in [0.15, 0.2) is 17.1 Å². The molecule has 1 saturated heterocycles. The SMILES string of the molecule is CN=C(NCCCOC1CCOC1)NCCc1c(OC)cc(OC)cc1OC. The molecule has 0 bridgehead atoms. The lowest BCUT2D eigenvalue weighted by Gasteiger charge is -2.16. The molecule has 1 unspecified atom stereocenters. The third-order valence-corrected chi connectivity index (χ3v) is 4.56. The van der Waals surface area contributed by atoms with Gasteiger partial charge in [0.25, 0.3) is 0 Å². The summed E-state index contributed by atoms with van der Waals surface area (Å²) in [5, 5.41) is 6.62. The number of guanidine groups is 1. The lowest BCUT2D eigenvalue weighted by Crippen LogP contribution is -2.39. The summed E-state index contributed by atoms with van der Waals surface area (Å²) < 4.78 is 27.3. The van der Waals surface area contributed by atoms with Crippen LogP contribution in [0.4, 0.5) is 0 Å². The molecule has 1 atom stereocenters. The number of hydrogen-bond donors (Lipinski definition) is 2. The number of nitrogens with one attached hydrogen (secondary N) is 2. The van der Waals surface area contributed by atoms with E-state index in [-0.39, 0.29) is 6.10 Å². The summed E-state index contributed by atoms with van der Waals surface area (Å²) in [6.45, 7) is 3.73. The van der Waals surface area contributed by atoms with Crippen molar-refractivity contribution in [1.29, 1.82) is 0 Å². The predicted molar refractivity (Wildman–Crippen MR) is 109 cm³/mol. The number of aliphatic imine (C=N–C) groups is 1. The van der Waals surface area contributed by atoms with E-state index in [0.29, 0.717) is 12.3 Å². The van der Waals surface area contributed by atoms with Gasteiger partial charge in [0, 0.05) is 51.0 Å². The first-order valence-corrected chi connectivity index (χ1v) is 9.64. The molecular weight excluding hydrogens is 362 g/mol. The molecule has 0 aromatic heterocycles. The molecule has 0 spiro atoms. The highest BCUT2D eigenvalue weighted by Gasteiger charge is 2.15. The fourth-order valence-corrected chi connectivity index (χ4v) is 3.02. The lowest BCUT2D eigenvalue weighted by molar-refractivity contribution is 0.0420. The molecular formula is C20H33N3O5. The summed E-state index contributed by atoms with van der Waals surface area (Å²) in [6.07, 6.45) is 2.89. The first-order valence-electron chi connectivity index (χ1n) is 9.64. The van der Waals surface area contributed by atoms with Crippen LogP contribution < -0.4 is 24.8 Å². The third-order valence-electron chi connectivity index (χ3n) is 4.56. The van der Waals surface area contributed by atoms with Gasteiger partial charge in [-0.25, -0.2) is 0 Å². The average molecular weight is 396 g/mol. The molecule has 2 rings (SSSR count). The van der Waals surface area contributed by atoms with Crippen molar-refractivity contribution >= 4 is 5.96 Å². The van der Waals surface area contributed by atoms with Gasteiger partial charge in [-0.15, -0.1) is 0 Å². The maximum atomic E-state index is 5.76. The largest absolute Gasteiger partial charge is 0.496 e. The van der Waals surface area contributed by atoms with Crippen molar-refractivity contribution in [2.45, 2.75) is 25.4 Å². The van der Waals surface area contributed by atoms with Crippen molar-refractivity contribution in [3.63, 3.8) is 0 Å².